The van der Waals surface area contributed by atoms with Crippen LogP contribution in [-0.4, -0.2) is 15.8 Å². The van der Waals surface area contributed by atoms with Crippen molar-refractivity contribution in [2.75, 3.05) is 5.73 Å². The summed E-state index contributed by atoms with van der Waals surface area (Å²) in [6.07, 6.45) is -0.391. The molecule has 14 heavy (non-hydrogen) atoms. The van der Waals surface area contributed by atoms with E-state index in [1.54, 1.807) is 6.07 Å². The van der Waals surface area contributed by atoms with Crippen molar-refractivity contribution >= 4 is 23.8 Å². The fourth-order valence-corrected chi connectivity index (χ4v) is 1.14. The van der Waals surface area contributed by atoms with Crippen LogP contribution in [0.2, 0.25) is 0 Å². The zero-order chi connectivity index (χ0) is 10.7. The van der Waals surface area contributed by atoms with Crippen molar-refractivity contribution in [3.63, 3.8) is 0 Å². The van der Waals surface area contributed by atoms with Gasteiger partial charge in [0.1, 0.15) is 11.4 Å². The SMILES string of the molecule is N#CCC(=O)c1c(N)[nH]c(=S)[nH]c1=O. The molecule has 72 valence electrons. The number of aromatic nitrogens is 2. The van der Waals surface area contributed by atoms with Gasteiger partial charge in [0, 0.05) is 0 Å². The van der Waals surface area contributed by atoms with Crippen LogP contribution in [0.4, 0.5) is 5.82 Å². The number of anilines is 1. The second-order valence-electron chi connectivity index (χ2n) is 2.45. The molecule has 0 saturated carbocycles. The first kappa shape index (κ1) is 10.1. The van der Waals surface area contributed by atoms with Gasteiger partial charge in [0.25, 0.3) is 5.56 Å². The van der Waals surface area contributed by atoms with Gasteiger partial charge in [0.2, 0.25) is 0 Å². The molecule has 0 aliphatic rings. The molecular weight excluding hydrogens is 204 g/mol. The van der Waals surface area contributed by atoms with Gasteiger partial charge in [0.15, 0.2) is 10.6 Å². The van der Waals surface area contributed by atoms with Crippen LogP contribution < -0.4 is 11.3 Å². The van der Waals surface area contributed by atoms with Crippen LogP contribution in [0.25, 0.3) is 0 Å². The number of rotatable bonds is 2. The van der Waals surface area contributed by atoms with E-state index in [0.29, 0.717) is 0 Å². The van der Waals surface area contributed by atoms with Crippen molar-refractivity contribution in [3.8, 4) is 6.07 Å². The van der Waals surface area contributed by atoms with Gasteiger partial charge < -0.3 is 10.7 Å². The van der Waals surface area contributed by atoms with Gasteiger partial charge in [-0.15, -0.1) is 0 Å². The number of aromatic amines is 2. The van der Waals surface area contributed by atoms with E-state index in [9.17, 15) is 9.59 Å². The van der Waals surface area contributed by atoms with Gasteiger partial charge in [-0.05, 0) is 12.2 Å². The molecule has 1 rings (SSSR count). The third kappa shape index (κ3) is 1.86. The van der Waals surface area contributed by atoms with E-state index in [-0.39, 0.29) is 16.2 Å². The molecule has 0 spiro atoms. The van der Waals surface area contributed by atoms with Crippen molar-refractivity contribution in [1.29, 1.82) is 5.26 Å². The van der Waals surface area contributed by atoms with E-state index in [1.165, 1.54) is 0 Å². The lowest BCUT2D eigenvalue weighted by atomic mass is 10.1. The minimum Gasteiger partial charge on any atom is -0.384 e. The Bertz CT molecular complexity index is 522. The maximum Gasteiger partial charge on any atom is 0.264 e. The summed E-state index contributed by atoms with van der Waals surface area (Å²) < 4.78 is 0.0426. The maximum atomic E-state index is 11.2. The molecule has 0 amide bonds. The van der Waals surface area contributed by atoms with Crippen LogP contribution in [0.3, 0.4) is 0 Å². The standard InChI is InChI=1S/C7H6N4O2S/c8-2-1-3(12)4-5(9)10-7(14)11-6(4)13/h1H2,(H4,9,10,11,13,14). The highest BCUT2D eigenvalue weighted by Crippen LogP contribution is 2.03. The molecule has 0 aliphatic heterocycles. The zero-order valence-electron chi connectivity index (χ0n) is 6.96. The van der Waals surface area contributed by atoms with Gasteiger partial charge in [-0.2, -0.15) is 5.26 Å². The number of carbonyl (C=O) groups excluding carboxylic acids is 1. The summed E-state index contributed by atoms with van der Waals surface area (Å²) in [4.78, 5) is 27.1. The number of hydrogen-bond donors (Lipinski definition) is 3. The zero-order valence-corrected chi connectivity index (χ0v) is 7.77. The Hall–Kier alpha value is -1.94. The van der Waals surface area contributed by atoms with E-state index >= 15 is 0 Å². The van der Waals surface area contributed by atoms with Gasteiger partial charge >= 0.3 is 0 Å². The lowest BCUT2D eigenvalue weighted by molar-refractivity contribution is 0.0997. The smallest absolute Gasteiger partial charge is 0.264 e. The van der Waals surface area contributed by atoms with Gasteiger partial charge in [-0.3, -0.25) is 14.6 Å². The Morgan fingerprint density at radius 3 is 2.71 bits per heavy atom. The molecule has 1 aromatic rings. The van der Waals surface area contributed by atoms with Crippen LogP contribution in [0.5, 0.6) is 0 Å². The van der Waals surface area contributed by atoms with Crippen LogP contribution in [0.1, 0.15) is 16.8 Å². The third-order valence-electron chi connectivity index (χ3n) is 1.49. The molecule has 0 fully saturated rings. The summed E-state index contributed by atoms with van der Waals surface area (Å²) in [5.41, 5.74) is 4.46. The van der Waals surface area contributed by atoms with Crippen LogP contribution in [0, 0.1) is 16.1 Å². The first-order valence-corrected chi connectivity index (χ1v) is 3.99. The Morgan fingerprint density at radius 2 is 2.21 bits per heavy atom. The number of Topliss-reactive ketones (excluding diaryl/α,β-unsaturated/α-hetero) is 1. The number of nitrogens with two attached hydrogens (primary N) is 1. The highest BCUT2D eigenvalue weighted by Gasteiger charge is 2.14. The van der Waals surface area contributed by atoms with Gasteiger partial charge in [0.05, 0.1) is 12.5 Å². The summed E-state index contributed by atoms with van der Waals surface area (Å²) in [5, 5.41) is 8.28. The van der Waals surface area contributed by atoms with E-state index in [4.69, 9.17) is 11.0 Å². The first-order chi connectivity index (χ1) is 6.56. The molecule has 7 heteroatoms. The molecule has 4 N–H and O–H groups in total. The highest BCUT2D eigenvalue weighted by atomic mass is 32.1. The topological polar surface area (TPSA) is 116 Å². The molecule has 0 radical (unpaired) electrons. The van der Waals surface area contributed by atoms with Gasteiger partial charge in [-0.25, -0.2) is 0 Å². The number of nitriles is 1. The third-order valence-corrected chi connectivity index (χ3v) is 1.69. The number of hydrogen-bond acceptors (Lipinski definition) is 5. The molecule has 1 aromatic heterocycles. The summed E-state index contributed by atoms with van der Waals surface area (Å²) >= 11 is 4.63. The number of nitrogens with zero attached hydrogens (tertiary/aromatic N) is 1. The van der Waals surface area contributed by atoms with Gasteiger partial charge in [-0.1, -0.05) is 0 Å². The minimum atomic E-state index is -0.675. The summed E-state index contributed by atoms with van der Waals surface area (Å²) in [6, 6.07) is 1.64. The number of nitrogen functional groups attached to an aromatic ring is 1. The van der Waals surface area contributed by atoms with Crippen molar-refractivity contribution in [1.82, 2.24) is 9.97 Å². The molecular formula is C7H6N4O2S. The summed E-state index contributed by atoms with van der Waals surface area (Å²) in [5.74, 6) is -0.739. The van der Waals surface area contributed by atoms with Crippen LogP contribution >= 0.6 is 12.2 Å². The normalized spacial score (nSPS) is 9.36. The van der Waals surface area contributed by atoms with Crippen molar-refractivity contribution in [2.45, 2.75) is 6.42 Å². The quantitative estimate of drug-likeness (QED) is 0.473. The van der Waals surface area contributed by atoms with E-state index in [1.807, 2.05) is 0 Å². The molecule has 1 heterocycles. The van der Waals surface area contributed by atoms with Crippen molar-refractivity contribution in [2.24, 2.45) is 0 Å². The second kappa shape index (κ2) is 3.85. The molecule has 0 atom stereocenters. The number of carbonyl (C=O) groups is 1. The predicted octanol–water partition coefficient (Wildman–Crippen LogP) is 0.111. The average molecular weight is 210 g/mol. The molecule has 0 aromatic carbocycles. The largest absolute Gasteiger partial charge is 0.384 e. The fraction of sp³-hybridized carbons (Fsp3) is 0.143. The summed E-state index contributed by atoms with van der Waals surface area (Å²) in [6.45, 7) is 0. The van der Waals surface area contributed by atoms with Crippen LogP contribution in [0.15, 0.2) is 4.79 Å². The molecule has 6 nitrogen and oxygen atoms in total. The summed E-state index contributed by atoms with van der Waals surface area (Å²) in [7, 11) is 0. The molecule has 0 unspecified atom stereocenters. The molecule has 0 saturated heterocycles. The Morgan fingerprint density at radius 1 is 1.57 bits per heavy atom. The van der Waals surface area contributed by atoms with E-state index in [0.717, 1.165) is 0 Å². The fourth-order valence-electron chi connectivity index (χ4n) is 0.941. The Balaban J connectivity index is 3.37. The average Bonchev–Trinajstić information content (AvgIpc) is 2.01. The lowest BCUT2D eigenvalue weighted by Gasteiger charge is -1.99. The minimum absolute atomic E-state index is 0.0426. The maximum absolute atomic E-state index is 11.2. The molecule has 0 aliphatic carbocycles. The monoisotopic (exact) mass is 210 g/mol. The Labute approximate surface area is 83.4 Å². The number of nitrogens with one attached hydrogen (secondary N) is 2. The van der Waals surface area contributed by atoms with E-state index < -0.39 is 17.8 Å². The van der Waals surface area contributed by atoms with Crippen LogP contribution in [-0.2, 0) is 0 Å². The van der Waals surface area contributed by atoms with E-state index in [2.05, 4.69) is 22.2 Å². The Kier molecular flexibility index (Phi) is 2.79. The van der Waals surface area contributed by atoms with Crippen molar-refractivity contribution < 1.29 is 4.79 Å². The number of H-pyrrole nitrogens is 2. The first-order valence-electron chi connectivity index (χ1n) is 3.58. The molecule has 0 bridgehead atoms. The predicted molar refractivity (Wildman–Crippen MR) is 51.2 cm³/mol. The highest BCUT2D eigenvalue weighted by molar-refractivity contribution is 7.71. The van der Waals surface area contributed by atoms with Crippen molar-refractivity contribution in [3.05, 3.63) is 20.7 Å². The lowest BCUT2D eigenvalue weighted by Crippen LogP contribution is -2.21. The number of ketones is 1. The second-order valence-corrected chi connectivity index (χ2v) is 2.86.